The molecule has 4 aromatic rings. The van der Waals surface area contributed by atoms with Gasteiger partial charge >= 0.3 is 0 Å². The van der Waals surface area contributed by atoms with Crippen LogP contribution in [0.5, 0.6) is 0 Å². The Bertz CT molecular complexity index is 1800. The predicted octanol–water partition coefficient (Wildman–Crippen LogP) is 8.73. The molecule has 5 rings (SSSR count). The van der Waals surface area contributed by atoms with Gasteiger partial charge < -0.3 is 26.8 Å². The molecule has 262 valence electrons. The predicted molar refractivity (Wildman–Crippen MR) is 205 cm³/mol. The molecule has 2 heterocycles. The Labute approximate surface area is 294 Å². The van der Waals surface area contributed by atoms with Crippen LogP contribution in [0.4, 0.5) is 5.69 Å². The second-order valence-corrected chi connectivity index (χ2v) is 14.0. The number of allylic oxidation sites excluding steroid dienone is 1. The van der Waals surface area contributed by atoms with Gasteiger partial charge in [-0.3, -0.25) is 14.4 Å². The largest absolute Gasteiger partial charge is 0.329 e. The van der Waals surface area contributed by atoms with Crippen molar-refractivity contribution in [3.05, 3.63) is 96.3 Å². The van der Waals surface area contributed by atoms with E-state index >= 15 is 0 Å². The molecule has 0 saturated heterocycles. The third-order valence-corrected chi connectivity index (χ3v) is 8.78. The van der Waals surface area contributed by atoms with Crippen LogP contribution in [0.3, 0.4) is 0 Å². The number of anilines is 1. The maximum absolute atomic E-state index is 12.1. The van der Waals surface area contributed by atoms with Gasteiger partial charge in [0, 0.05) is 34.7 Å². The van der Waals surface area contributed by atoms with Gasteiger partial charge in [0.1, 0.15) is 0 Å². The highest BCUT2D eigenvalue weighted by molar-refractivity contribution is 6.34. The number of aromatic amines is 2. The molecule has 7 N–H and O–H groups in total. The zero-order valence-electron chi connectivity index (χ0n) is 29.6. The average molecular weight is 699 g/mol. The summed E-state index contributed by atoms with van der Waals surface area (Å²) < 4.78 is 0. The number of nitrogens with two attached hydrogens (primary N) is 2. The van der Waals surface area contributed by atoms with Crippen molar-refractivity contribution in [3.8, 4) is 0 Å². The highest BCUT2D eigenvalue weighted by Gasteiger charge is 2.20. The lowest BCUT2D eigenvalue weighted by molar-refractivity contribution is -0.118. The summed E-state index contributed by atoms with van der Waals surface area (Å²) in [6.45, 7) is 17.6. The number of amides is 1. The van der Waals surface area contributed by atoms with Crippen LogP contribution in [0.15, 0.2) is 69.5 Å². The van der Waals surface area contributed by atoms with Crippen LogP contribution in [-0.4, -0.2) is 28.5 Å². The lowest BCUT2D eigenvalue weighted by Gasteiger charge is -2.23. The fourth-order valence-corrected chi connectivity index (χ4v) is 5.19. The van der Waals surface area contributed by atoms with Crippen molar-refractivity contribution in [1.29, 1.82) is 0 Å². The Kier molecular flexibility index (Phi) is 16.6. The molecule has 2 unspecified atom stereocenters. The number of aromatic nitrogens is 2. The quantitative estimate of drug-likeness (QED) is 0.128. The lowest BCUT2D eigenvalue weighted by atomic mass is 9.84. The minimum Gasteiger partial charge on any atom is -0.329 e. The van der Waals surface area contributed by atoms with Gasteiger partial charge in [-0.25, -0.2) is 0 Å². The fourth-order valence-electron chi connectivity index (χ4n) is 4.82. The number of benzene rings is 2. The number of carbonyl (C=O) groups is 1. The van der Waals surface area contributed by atoms with Crippen LogP contribution in [0, 0.1) is 24.7 Å². The van der Waals surface area contributed by atoms with Crippen LogP contribution >= 0.6 is 23.2 Å². The average Bonchev–Trinajstić information content (AvgIpc) is 3.00. The number of carbonyl (C=O) groups excluding carboxylic acids is 1. The van der Waals surface area contributed by atoms with Crippen molar-refractivity contribution in [3.63, 3.8) is 0 Å². The fraction of sp³-hybridized carbons (Fsp3) is 0.447. The van der Waals surface area contributed by atoms with Gasteiger partial charge in [0.2, 0.25) is 5.91 Å². The SMILES string of the molecule is CC(C)C.CC(C)C(CN)=C1CCC1.CCC(C)C(N)C(=O)Nc1cc2cc[nH]c(=O)c2cc1Cl.Cc1cc2cc[nH]c(=O)c2cc1Cl. The summed E-state index contributed by atoms with van der Waals surface area (Å²) in [7, 11) is 0. The van der Waals surface area contributed by atoms with Crippen LogP contribution < -0.4 is 27.9 Å². The van der Waals surface area contributed by atoms with Gasteiger partial charge in [0.25, 0.3) is 11.1 Å². The van der Waals surface area contributed by atoms with E-state index in [-0.39, 0.29) is 22.9 Å². The topological polar surface area (TPSA) is 147 Å². The van der Waals surface area contributed by atoms with Crippen molar-refractivity contribution in [1.82, 2.24) is 9.97 Å². The molecular formula is C38H53Cl2N5O3. The van der Waals surface area contributed by atoms with E-state index in [0.717, 1.165) is 29.8 Å². The molecule has 0 radical (unpaired) electrons. The maximum Gasteiger partial charge on any atom is 0.255 e. The van der Waals surface area contributed by atoms with Gasteiger partial charge in [0.15, 0.2) is 0 Å². The third-order valence-electron chi connectivity index (χ3n) is 8.06. The Balaban J connectivity index is 0.000000253. The minimum absolute atomic E-state index is 0.0760. The minimum atomic E-state index is -0.596. The Hall–Kier alpha value is -3.43. The second-order valence-electron chi connectivity index (χ2n) is 13.2. The monoisotopic (exact) mass is 697 g/mol. The summed E-state index contributed by atoms with van der Waals surface area (Å²) in [6, 6.07) is 9.84. The first-order valence-corrected chi connectivity index (χ1v) is 17.4. The zero-order chi connectivity index (χ0) is 36.1. The van der Waals surface area contributed by atoms with Crippen molar-refractivity contribution >= 4 is 56.3 Å². The number of hydrogen-bond acceptors (Lipinski definition) is 5. The standard InChI is InChI=1S/C15H18ClN3O2.C10H8ClNO.C9H17N.C4H10/c1-3-8(2)13(17)15(21)19-12-6-9-4-5-18-14(20)10(9)7-11(12)16;1-6-4-7-2-3-12-10(13)8(7)5-9(6)11;1-7(2)9(6-10)8-4-3-5-8;1-4(2)3/h4-8,13H,3,17H2,1-2H3,(H,18,20)(H,19,21);2-5H,1H3,(H,12,13);7H,3-6,10H2,1-2H3;4H,1-3H3. The van der Waals surface area contributed by atoms with E-state index < -0.39 is 6.04 Å². The first-order valence-electron chi connectivity index (χ1n) is 16.7. The molecule has 1 aliphatic carbocycles. The smallest absolute Gasteiger partial charge is 0.255 e. The maximum atomic E-state index is 12.1. The highest BCUT2D eigenvalue weighted by Crippen LogP contribution is 2.31. The molecule has 2 aromatic carbocycles. The van der Waals surface area contributed by atoms with Crippen LogP contribution in [-0.2, 0) is 4.79 Å². The number of halogens is 2. The van der Waals surface area contributed by atoms with Crippen LogP contribution in [0.2, 0.25) is 10.0 Å². The Morgan fingerprint density at radius 3 is 1.79 bits per heavy atom. The summed E-state index contributed by atoms with van der Waals surface area (Å²) in [5, 5.41) is 6.41. The molecule has 0 aliphatic heterocycles. The number of nitrogens with one attached hydrogen (secondary N) is 3. The molecule has 1 aliphatic rings. The van der Waals surface area contributed by atoms with Gasteiger partial charge in [-0.15, -0.1) is 0 Å². The Morgan fingerprint density at radius 2 is 1.38 bits per heavy atom. The number of pyridine rings is 2. The van der Waals surface area contributed by atoms with Gasteiger partial charge in [-0.05, 0) is 96.7 Å². The van der Waals surface area contributed by atoms with E-state index in [9.17, 15) is 14.4 Å². The van der Waals surface area contributed by atoms with E-state index in [0.29, 0.717) is 37.8 Å². The summed E-state index contributed by atoms with van der Waals surface area (Å²) in [5.74, 6) is 1.29. The molecular weight excluding hydrogens is 645 g/mol. The van der Waals surface area contributed by atoms with Gasteiger partial charge in [-0.1, -0.05) is 89.2 Å². The van der Waals surface area contributed by atoms with Crippen LogP contribution in [0.1, 0.15) is 79.7 Å². The van der Waals surface area contributed by atoms with E-state index in [1.165, 1.54) is 24.8 Å². The van der Waals surface area contributed by atoms with Gasteiger partial charge in [0.05, 0.1) is 16.8 Å². The second kappa shape index (κ2) is 19.5. The molecule has 10 heteroatoms. The molecule has 2 aromatic heterocycles. The molecule has 48 heavy (non-hydrogen) atoms. The number of rotatable bonds is 6. The van der Waals surface area contributed by atoms with Gasteiger partial charge in [-0.2, -0.15) is 0 Å². The molecule has 2 atom stereocenters. The Morgan fingerprint density at radius 1 is 0.875 bits per heavy atom. The van der Waals surface area contributed by atoms with E-state index in [1.807, 2.05) is 32.9 Å². The summed E-state index contributed by atoms with van der Waals surface area (Å²) in [4.78, 5) is 40.3. The number of hydrogen-bond donors (Lipinski definition) is 5. The third kappa shape index (κ3) is 11.9. The molecule has 0 spiro atoms. The van der Waals surface area contributed by atoms with E-state index in [2.05, 4.69) is 49.9 Å². The van der Waals surface area contributed by atoms with Crippen molar-refractivity contribution in [2.75, 3.05) is 11.9 Å². The summed E-state index contributed by atoms with van der Waals surface area (Å²) in [5.41, 5.74) is 15.8. The highest BCUT2D eigenvalue weighted by atomic mass is 35.5. The molecule has 1 saturated carbocycles. The normalized spacial score (nSPS) is 13.3. The molecule has 8 nitrogen and oxygen atoms in total. The molecule has 0 bridgehead atoms. The van der Waals surface area contributed by atoms with E-state index in [4.69, 9.17) is 34.7 Å². The molecule has 1 amide bonds. The van der Waals surface area contributed by atoms with Crippen molar-refractivity contribution in [2.24, 2.45) is 29.2 Å². The van der Waals surface area contributed by atoms with Crippen molar-refractivity contribution in [2.45, 2.75) is 87.1 Å². The van der Waals surface area contributed by atoms with Crippen molar-refractivity contribution < 1.29 is 4.79 Å². The molecule has 1 fully saturated rings. The van der Waals surface area contributed by atoms with E-state index in [1.54, 1.807) is 42.2 Å². The number of aryl methyl sites for hydroxylation is 1. The first kappa shape index (κ1) is 40.7. The summed E-state index contributed by atoms with van der Waals surface area (Å²) in [6.07, 6.45) is 8.00. The zero-order valence-corrected chi connectivity index (χ0v) is 31.1. The number of fused-ring (bicyclic) bond motifs is 2. The first-order chi connectivity index (χ1) is 22.6. The van der Waals surface area contributed by atoms with Crippen LogP contribution in [0.25, 0.3) is 21.5 Å². The lowest BCUT2D eigenvalue weighted by Crippen LogP contribution is -2.40. The number of H-pyrrole nitrogens is 2. The summed E-state index contributed by atoms with van der Waals surface area (Å²) >= 11 is 12.0.